The molecule has 0 aliphatic heterocycles. The van der Waals surface area contributed by atoms with Gasteiger partial charge >= 0.3 is 0 Å². The van der Waals surface area contributed by atoms with Crippen molar-refractivity contribution >= 4 is 11.6 Å². The van der Waals surface area contributed by atoms with Gasteiger partial charge in [0.2, 0.25) is 0 Å². The van der Waals surface area contributed by atoms with Gasteiger partial charge in [0.1, 0.15) is 11.6 Å². The Morgan fingerprint density at radius 2 is 1.58 bits per heavy atom. The van der Waals surface area contributed by atoms with Crippen molar-refractivity contribution in [3.63, 3.8) is 0 Å². The van der Waals surface area contributed by atoms with Crippen LogP contribution in [0.25, 0.3) is 0 Å². The van der Waals surface area contributed by atoms with Gasteiger partial charge in [-0.2, -0.15) is 0 Å². The van der Waals surface area contributed by atoms with Crippen LogP contribution in [0.4, 0.5) is 0 Å². The number of hydrogen-bond donors (Lipinski definition) is 0. The smallest absolute Gasteiger partial charge is 0.135 e. The van der Waals surface area contributed by atoms with Crippen molar-refractivity contribution in [3.8, 4) is 0 Å². The minimum Gasteiger partial charge on any atom is -0.300 e. The molecule has 2 rings (SSSR count). The lowest BCUT2D eigenvalue weighted by Gasteiger charge is -2.38. The number of carbonyl (C=O) groups is 2. The van der Waals surface area contributed by atoms with E-state index in [1.165, 1.54) is 32.1 Å². The molecular formula is C17H28O2. The summed E-state index contributed by atoms with van der Waals surface area (Å²) in [5.74, 6) is 2.84. The minimum absolute atomic E-state index is 0.246. The molecule has 0 N–H and O–H groups in total. The summed E-state index contributed by atoms with van der Waals surface area (Å²) < 4.78 is 0. The number of unbranched alkanes of at least 4 members (excludes halogenated alkanes) is 1. The minimum atomic E-state index is 0.246. The molecule has 3 unspecified atom stereocenters. The fraction of sp³-hybridized carbons (Fsp3) is 0.882. The number of carbonyl (C=O) groups excluding carboxylic acids is 2. The van der Waals surface area contributed by atoms with Crippen LogP contribution in [0.3, 0.4) is 0 Å². The SMILES string of the molecule is CC(=O)CCCCC(=O)C1CCC2CCCCC2C1. The summed E-state index contributed by atoms with van der Waals surface area (Å²) in [4.78, 5) is 23.1. The first-order valence-corrected chi connectivity index (χ1v) is 8.19. The topological polar surface area (TPSA) is 34.1 Å². The molecule has 2 aliphatic rings. The van der Waals surface area contributed by atoms with Crippen LogP contribution in [0.15, 0.2) is 0 Å². The Labute approximate surface area is 117 Å². The van der Waals surface area contributed by atoms with Crippen molar-refractivity contribution in [2.24, 2.45) is 17.8 Å². The predicted octanol–water partition coefficient (Wildman–Crippen LogP) is 4.31. The fourth-order valence-electron chi connectivity index (χ4n) is 4.04. The first kappa shape index (κ1) is 14.7. The van der Waals surface area contributed by atoms with Gasteiger partial charge in [-0.3, -0.25) is 4.79 Å². The van der Waals surface area contributed by atoms with E-state index >= 15 is 0 Å². The van der Waals surface area contributed by atoms with Crippen LogP contribution in [0, 0.1) is 17.8 Å². The lowest BCUT2D eigenvalue weighted by molar-refractivity contribution is -0.125. The van der Waals surface area contributed by atoms with E-state index in [0.29, 0.717) is 24.5 Å². The van der Waals surface area contributed by atoms with Crippen LogP contribution in [-0.4, -0.2) is 11.6 Å². The summed E-state index contributed by atoms with van der Waals surface area (Å²) in [6, 6.07) is 0. The van der Waals surface area contributed by atoms with Crippen molar-refractivity contribution in [1.82, 2.24) is 0 Å². The summed E-state index contributed by atoms with van der Waals surface area (Å²) in [6.07, 6.45) is 12.3. The number of Topliss-reactive ketones (excluding diaryl/α,β-unsaturated/α-hetero) is 2. The van der Waals surface area contributed by atoms with Crippen molar-refractivity contribution < 1.29 is 9.59 Å². The third-order valence-electron chi connectivity index (χ3n) is 5.20. The highest BCUT2D eigenvalue weighted by Crippen LogP contribution is 2.43. The number of fused-ring (bicyclic) bond motifs is 1. The first-order chi connectivity index (χ1) is 9.16. The van der Waals surface area contributed by atoms with Crippen LogP contribution in [0.5, 0.6) is 0 Å². The summed E-state index contributed by atoms with van der Waals surface area (Å²) in [6.45, 7) is 1.63. The molecule has 0 saturated heterocycles. The largest absolute Gasteiger partial charge is 0.300 e. The van der Waals surface area contributed by atoms with Gasteiger partial charge in [-0.15, -0.1) is 0 Å². The van der Waals surface area contributed by atoms with E-state index in [1.807, 2.05) is 0 Å². The third-order valence-corrected chi connectivity index (χ3v) is 5.20. The van der Waals surface area contributed by atoms with Gasteiger partial charge < -0.3 is 4.79 Å². The van der Waals surface area contributed by atoms with Gasteiger partial charge in [0.25, 0.3) is 0 Å². The summed E-state index contributed by atoms with van der Waals surface area (Å²) in [5, 5.41) is 0. The molecule has 2 saturated carbocycles. The van der Waals surface area contributed by atoms with Crippen molar-refractivity contribution in [2.75, 3.05) is 0 Å². The Morgan fingerprint density at radius 1 is 0.895 bits per heavy atom. The van der Waals surface area contributed by atoms with Crippen molar-refractivity contribution in [2.45, 2.75) is 77.6 Å². The Balaban J connectivity index is 1.69. The van der Waals surface area contributed by atoms with E-state index in [9.17, 15) is 9.59 Å². The molecule has 0 spiro atoms. The van der Waals surface area contributed by atoms with E-state index in [4.69, 9.17) is 0 Å². The van der Waals surface area contributed by atoms with Gasteiger partial charge in [0.15, 0.2) is 0 Å². The van der Waals surface area contributed by atoms with Gasteiger partial charge in [-0.05, 0) is 50.9 Å². The normalized spacial score (nSPS) is 30.7. The molecule has 2 fully saturated rings. The second-order valence-electron chi connectivity index (χ2n) is 6.69. The molecule has 0 amide bonds. The quantitative estimate of drug-likeness (QED) is 0.670. The van der Waals surface area contributed by atoms with Crippen LogP contribution in [0.1, 0.15) is 77.6 Å². The molecule has 0 radical (unpaired) electrons. The molecule has 0 aromatic heterocycles. The van der Waals surface area contributed by atoms with E-state index < -0.39 is 0 Å². The maximum absolute atomic E-state index is 12.2. The maximum Gasteiger partial charge on any atom is 0.135 e. The standard InChI is InChI=1S/C17H28O2/c1-13(18)6-2-5-9-17(19)16-11-10-14-7-3-4-8-15(14)12-16/h14-16H,2-12H2,1H3. The lowest BCUT2D eigenvalue weighted by Crippen LogP contribution is -2.31. The first-order valence-electron chi connectivity index (χ1n) is 8.19. The third kappa shape index (κ3) is 4.43. The summed E-state index contributed by atoms with van der Waals surface area (Å²) in [5.41, 5.74) is 0. The van der Waals surface area contributed by atoms with Gasteiger partial charge in [0.05, 0.1) is 0 Å². The molecule has 3 atom stereocenters. The molecular weight excluding hydrogens is 236 g/mol. The molecule has 0 heterocycles. The molecule has 108 valence electrons. The predicted molar refractivity (Wildman–Crippen MR) is 76.9 cm³/mol. The van der Waals surface area contributed by atoms with Gasteiger partial charge in [0, 0.05) is 18.8 Å². The Morgan fingerprint density at radius 3 is 2.32 bits per heavy atom. The van der Waals surface area contributed by atoms with E-state index in [-0.39, 0.29) is 5.78 Å². The number of ketones is 2. The lowest BCUT2D eigenvalue weighted by atomic mass is 9.66. The average molecular weight is 264 g/mol. The highest BCUT2D eigenvalue weighted by Gasteiger charge is 2.34. The second kappa shape index (κ2) is 7.21. The summed E-state index contributed by atoms with van der Waals surface area (Å²) in [7, 11) is 0. The average Bonchev–Trinajstić information content (AvgIpc) is 2.42. The highest BCUT2D eigenvalue weighted by molar-refractivity contribution is 5.81. The second-order valence-corrected chi connectivity index (χ2v) is 6.69. The van der Waals surface area contributed by atoms with Gasteiger partial charge in [-0.1, -0.05) is 25.7 Å². The zero-order valence-electron chi connectivity index (χ0n) is 12.3. The maximum atomic E-state index is 12.2. The van der Waals surface area contributed by atoms with Crippen LogP contribution in [-0.2, 0) is 9.59 Å². The molecule has 19 heavy (non-hydrogen) atoms. The van der Waals surface area contributed by atoms with Crippen molar-refractivity contribution in [1.29, 1.82) is 0 Å². The number of hydrogen-bond acceptors (Lipinski definition) is 2. The monoisotopic (exact) mass is 264 g/mol. The molecule has 2 aliphatic carbocycles. The molecule has 0 bridgehead atoms. The van der Waals surface area contributed by atoms with Crippen LogP contribution >= 0.6 is 0 Å². The fourth-order valence-corrected chi connectivity index (χ4v) is 4.04. The zero-order chi connectivity index (χ0) is 13.7. The van der Waals surface area contributed by atoms with E-state index in [2.05, 4.69) is 0 Å². The van der Waals surface area contributed by atoms with E-state index in [1.54, 1.807) is 6.92 Å². The Hall–Kier alpha value is -0.660. The zero-order valence-corrected chi connectivity index (χ0v) is 12.3. The highest BCUT2D eigenvalue weighted by atomic mass is 16.1. The Kier molecular flexibility index (Phi) is 5.59. The van der Waals surface area contributed by atoms with Crippen LogP contribution in [0.2, 0.25) is 0 Å². The Bertz CT molecular complexity index is 321. The summed E-state index contributed by atoms with van der Waals surface area (Å²) >= 11 is 0. The molecule has 2 nitrogen and oxygen atoms in total. The van der Waals surface area contributed by atoms with Gasteiger partial charge in [-0.25, -0.2) is 0 Å². The van der Waals surface area contributed by atoms with Crippen LogP contribution < -0.4 is 0 Å². The van der Waals surface area contributed by atoms with Crippen molar-refractivity contribution in [3.05, 3.63) is 0 Å². The van der Waals surface area contributed by atoms with E-state index in [0.717, 1.165) is 37.5 Å². The number of rotatable bonds is 6. The molecule has 0 aromatic rings. The molecule has 0 aromatic carbocycles. The molecule has 2 heteroatoms.